The molecule has 0 amide bonds. The zero-order valence-corrected chi connectivity index (χ0v) is 39.4. The van der Waals surface area contributed by atoms with Crippen LogP contribution in [-0.4, -0.2) is 87.2 Å². The standard InChI is InChI=1S/C52H86O11/c1-3-5-7-9-11-13-15-17-19-21-23-25-35-49(51(53)54)62-47-33-29-27-31-45(47)60-43-41-58-39-37-57-38-40-59-42-44-61-46-32-28-30-34-48(46)63-50(52(55)56)36-26-24-22-20-18-16-14-12-10-8-6-4-2/h27-34,49-50H,3-26,35-44H2,1-2H3,(H,53,54)(H,55,56). The number of carboxylic acids is 2. The molecule has 0 saturated heterocycles. The molecule has 0 fully saturated rings. The van der Waals surface area contributed by atoms with Gasteiger partial charge in [0.25, 0.3) is 0 Å². The van der Waals surface area contributed by atoms with Crippen LogP contribution in [0.4, 0.5) is 0 Å². The minimum absolute atomic E-state index is 0.282. The number of ether oxygens (including phenoxy) is 7. The Balaban J connectivity index is 1.51. The average molecular weight is 887 g/mol. The Morgan fingerprint density at radius 1 is 0.381 bits per heavy atom. The van der Waals surface area contributed by atoms with Crippen molar-refractivity contribution >= 4 is 11.9 Å². The van der Waals surface area contributed by atoms with Gasteiger partial charge < -0.3 is 43.4 Å². The number of carbonyl (C=O) groups is 2. The number of hydrogen-bond donors (Lipinski definition) is 2. The highest BCUT2D eigenvalue weighted by Crippen LogP contribution is 2.30. The number of aliphatic carboxylic acids is 2. The van der Waals surface area contributed by atoms with E-state index in [1.54, 1.807) is 24.3 Å². The predicted octanol–water partition coefficient (Wildman–Crippen LogP) is 13.0. The molecule has 0 bridgehead atoms. The number of unbranched alkanes of at least 4 members (excludes halogenated alkanes) is 22. The van der Waals surface area contributed by atoms with Crippen molar-refractivity contribution in [3.8, 4) is 23.0 Å². The fraction of sp³-hybridized carbons (Fsp3) is 0.731. The summed E-state index contributed by atoms with van der Waals surface area (Å²) in [5, 5.41) is 19.6. The van der Waals surface area contributed by atoms with Crippen molar-refractivity contribution < 1.29 is 53.0 Å². The minimum Gasteiger partial charge on any atom is -0.487 e. The van der Waals surface area contributed by atoms with Crippen molar-refractivity contribution in [3.63, 3.8) is 0 Å². The monoisotopic (exact) mass is 887 g/mol. The van der Waals surface area contributed by atoms with Gasteiger partial charge in [0.15, 0.2) is 35.2 Å². The molecule has 63 heavy (non-hydrogen) atoms. The molecule has 0 radical (unpaired) electrons. The predicted molar refractivity (Wildman–Crippen MR) is 252 cm³/mol. The van der Waals surface area contributed by atoms with Crippen LogP contribution in [0.25, 0.3) is 0 Å². The zero-order chi connectivity index (χ0) is 45.3. The molecule has 11 nitrogen and oxygen atoms in total. The first-order chi connectivity index (χ1) is 31.0. The Kier molecular flexibility index (Phi) is 35.3. The van der Waals surface area contributed by atoms with Gasteiger partial charge in [0.1, 0.15) is 13.2 Å². The average Bonchev–Trinajstić information content (AvgIpc) is 3.28. The van der Waals surface area contributed by atoms with Crippen molar-refractivity contribution in [1.82, 2.24) is 0 Å². The van der Waals surface area contributed by atoms with E-state index in [-0.39, 0.29) is 13.2 Å². The van der Waals surface area contributed by atoms with E-state index in [0.717, 1.165) is 38.5 Å². The largest absolute Gasteiger partial charge is 0.487 e. The molecule has 0 aliphatic heterocycles. The van der Waals surface area contributed by atoms with Crippen LogP contribution in [0.3, 0.4) is 0 Å². The van der Waals surface area contributed by atoms with Crippen molar-refractivity contribution in [2.45, 2.75) is 193 Å². The topological polar surface area (TPSA) is 139 Å². The Labute approximate surface area is 381 Å². The van der Waals surface area contributed by atoms with Crippen molar-refractivity contribution in [2.75, 3.05) is 52.9 Å². The Bertz CT molecular complexity index is 1270. The lowest BCUT2D eigenvalue weighted by Crippen LogP contribution is -2.27. The second-order valence-corrected chi connectivity index (χ2v) is 16.7. The van der Waals surface area contributed by atoms with Crippen LogP contribution < -0.4 is 18.9 Å². The smallest absolute Gasteiger partial charge is 0.344 e. The van der Waals surface area contributed by atoms with Crippen LogP contribution in [0.15, 0.2) is 48.5 Å². The highest BCUT2D eigenvalue weighted by Gasteiger charge is 2.22. The van der Waals surface area contributed by atoms with Gasteiger partial charge in [0.2, 0.25) is 0 Å². The third kappa shape index (κ3) is 30.3. The summed E-state index contributed by atoms with van der Waals surface area (Å²) in [6, 6.07) is 14.3. The van der Waals surface area contributed by atoms with Crippen LogP contribution in [0, 0.1) is 0 Å². The van der Waals surface area contributed by atoms with E-state index in [0.29, 0.717) is 75.5 Å². The summed E-state index contributed by atoms with van der Waals surface area (Å²) in [6.07, 6.45) is 28.5. The van der Waals surface area contributed by atoms with Crippen molar-refractivity contribution in [2.24, 2.45) is 0 Å². The lowest BCUT2D eigenvalue weighted by Gasteiger charge is -2.18. The first-order valence-electron chi connectivity index (χ1n) is 24.9. The van der Waals surface area contributed by atoms with Crippen LogP contribution in [-0.2, 0) is 23.8 Å². The number of benzene rings is 2. The van der Waals surface area contributed by atoms with Crippen LogP contribution in [0.2, 0.25) is 0 Å². The molecule has 0 aromatic heterocycles. The Morgan fingerprint density at radius 3 is 0.921 bits per heavy atom. The summed E-state index contributed by atoms with van der Waals surface area (Å²) in [7, 11) is 0. The maximum atomic E-state index is 12.0. The summed E-state index contributed by atoms with van der Waals surface area (Å²) in [6.45, 7) is 7.30. The molecule has 11 heteroatoms. The van der Waals surface area contributed by atoms with Crippen molar-refractivity contribution in [3.05, 3.63) is 48.5 Å². The Hall–Kier alpha value is -3.54. The highest BCUT2D eigenvalue weighted by atomic mass is 16.6. The molecule has 2 N–H and O–H groups in total. The summed E-state index contributed by atoms with van der Waals surface area (Å²) >= 11 is 0. The van der Waals surface area contributed by atoms with E-state index in [4.69, 9.17) is 33.2 Å². The second kappa shape index (κ2) is 40.0. The first-order valence-corrected chi connectivity index (χ1v) is 24.9. The van der Waals surface area contributed by atoms with E-state index >= 15 is 0 Å². The van der Waals surface area contributed by atoms with Gasteiger partial charge in [-0.3, -0.25) is 0 Å². The van der Waals surface area contributed by atoms with E-state index in [1.165, 1.54) is 116 Å². The van der Waals surface area contributed by atoms with Crippen LogP contribution in [0.5, 0.6) is 23.0 Å². The van der Waals surface area contributed by atoms with Crippen LogP contribution in [0.1, 0.15) is 181 Å². The quantitative estimate of drug-likeness (QED) is 0.0614. The Morgan fingerprint density at radius 2 is 0.635 bits per heavy atom. The third-order valence-electron chi connectivity index (χ3n) is 11.1. The fourth-order valence-electron chi connectivity index (χ4n) is 7.41. The zero-order valence-electron chi connectivity index (χ0n) is 39.4. The molecule has 2 aromatic carbocycles. The molecule has 0 spiro atoms. The van der Waals surface area contributed by atoms with Gasteiger partial charge in [-0.25, -0.2) is 9.59 Å². The SMILES string of the molecule is CCCCCCCCCCCCCCC(Oc1ccccc1OCCOCCOCCOCCOc1ccccc1OC(CCCCCCCCCCCCCC)C(=O)O)C(=O)O. The van der Waals surface area contributed by atoms with Crippen LogP contribution >= 0.6 is 0 Å². The van der Waals surface area contributed by atoms with Gasteiger partial charge >= 0.3 is 11.9 Å². The lowest BCUT2D eigenvalue weighted by molar-refractivity contribution is -0.146. The lowest BCUT2D eigenvalue weighted by atomic mass is 10.0. The molecular formula is C52H86O11. The van der Waals surface area contributed by atoms with Gasteiger partial charge in [-0.05, 0) is 49.9 Å². The van der Waals surface area contributed by atoms with Gasteiger partial charge in [0, 0.05) is 0 Å². The first kappa shape index (κ1) is 55.6. The number of para-hydroxylation sites is 4. The van der Waals surface area contributed by atoms with E-state index in [9.17, 15) is 19.8 Å². The molecule has 0 heterocycles. The van der Waals surface area contributed by atoms with Gasteiger partial charge in [-0.1, -0.05) is 179 Å². The number of rotatable bonds is 46. The maximum Gasteiger partial charge on any atom is 0.344 e. The highest BCUT2D eigenvalue weighted by molar-refractivity contribution is 5.73. The molecule has 2 unspecified atom stereocenters. The molecule has 2 atom stereocenters. The molecule has 0 aliphatic rings. The molecule has 2 rings (SSSR count). The normalized spacial score (nSPS) is 12.2. The summed E-state index contributed by atoms with van der Waals surface area (Å²) < 4.78 is 40.5. The summed E-state index contributed by atoms with van der Waals surface area (Å²) in [5.41, 5.74) is 0. The summed E-state index contributed by atoms with van der Waals surface area (Å²) in [5.74, 6) is -0.109. The minimum atomic E-state index is -0.964. The fourth-order valence-corrected chi connectivity index (χ4v) is 7.41. The van der Waals surface area contributed by atoms with Gasteiger partial charge in [0.05, 0.1) is 39.6 Å². The van der Waals surface area contributed by atoms with E-state index < -0.39 is 24.1 Å². The van der Waals surface area contributed by atoms with E-state index in [1.807, 2.05) is 24.3 Å². The van der Waals surface area contributed by atoms with Crippen molar-refractivity contribution in [1.29, 1.82) is 0 Å². The molecule has 0 saturated carbocycles. The van der Waals surface area contributed by atoms with Gasteiger partial charge in [-0.2, -0.15) is 0 Å². The second-order valence-electron chi connectivity index (χ2n) is 16.7. The summed E-state index contributed by atoms with van der Waals surface area (Å²) in [4.78, 5) is 24.0. The number of carboxylic acid groups (broad SMARTS) is 2. The van der Waals surface area contributed by atoms with E-state index in [2.05, 4.69) is 13.8 Å². The molecule has 2 aromatic rings. The molecular weight excluding hydrogens is 801 g/mol. The third-order valence-corrected chi connectivity index (χ3v) is 11.1. The molecule has 360 valence electrons. The van der Waals surface area contributed by atoms with Gasteiger partial charge in [-0.15, -0.1) is 0 Å². The molecule has 0 aliphatic carbocycles. The number of hydrogen-bond acceptors (Lipinski definition) is 9. The maximum absolute atomic E-state index is 12.0.